The summed E-state index contributed by atoms with van der Waals surface area (Å²) in [5.41, 5.74) is 10.5. The summed E-state index contributed by atoms with van der Waals surface area (Å²) in [5.74, 6) is 0. The average Bonchev–Trinajstić information content (AvgIpc) is 2.91. The summed E-state index contributed by atoms with van der Waals surface area (Å²) in [6.07, 6.45) is -14.0. The topological polar surface area (TPSA) is 267 Å². The van der Waals surface area contributed by atoms with Gasteiger partial charge in [0, 0.05) is 31.7 Å². The van der Waals surface area contributed by atoms with Crippen molar-refractivity contribution in [1.82, 2.24) is 16.0 Å². The zero-order chi connectivity index (χ0) is 29.8. The Hall–Kier alpha value is -0.640. The van der Waals surface area contributed by atoms with Gasteiger partial charge in [-0.15, -0.1) is 0 Å². The highest BCUT2D eigenvalue weighted by molar-refractivity contribution is 5.03. The summed E-state index contributed by atoms with van der Waals surface area (Å²) in [6, 6.07) is -2.28. The smallest absolute Gasteiger partial charge is 0.187 e. The van der Waals surface area contributed by atoms with Gasteiger partial charge in [0.1, 0.15) is 54.4 Å². The van der Waals surface area contributed by atoms with Crippen LogP contribution in [0.2, 0.25) is 0 Å². The van der Waals surface area contributed by atoms with Gasteiger partial charge in [-0.2, -0.15) is 0 Å². The van der Waals surface area contributed by atoms with E-state index in [2.05, 4.69) is 16.0 Å². The predicted molar refractivity (Wildman–Crippen MR) is 140 cm³/mol. The van der Waals surface area contributed by atoms with Gasteiger partial charge in [-0.25, -0.2) is 0 Å². The van der Waals surface area contributed by atoms with Crippen molar-refractivity contribution < 1.29 is 54.7 Å². The molecule has 40 heavy (non-hydrogen) atoms. The number of nitrogens with one attached hydrogen (secondary N) is 3. The minimum atomic E-state index is -1.63. The van der Waals surface area contributed by atoms with Gasteiger partial charge in [0.25, 0.3) is 0 Å². The maximum Gasteiger partial charge on any atom is 0.187 e. The fourth-order valence-corrected chi connectivity index (χ4v) is 5.53. The number of rotatable bonds is 12. The minimum absolute atomic E-state index is 0.00584. The third-order valence-electron chi connectivity index (χ3n) is 7.89. The Morgan fingerprint density at radius 3 is 2.30 bits per heavy atom. The molecule has 16 heteroatoms. The van der Waals surface area contributed by atoms with E-state index >= 15 is 0 Å². The molecule has 2 heterocycles. The van der Waals surface area contributed by atoms with Crippen molar-refractivity contribution in [2.24, 2.45) is 11.5 Å². The number of nitrogens with two attached hydrogens (primary N) is 2. The van der Waals surface area contributed by atoms with Crippen LogP contribution in [0.25, 0.3) is 0 Å². The van der Waals surface area contributed by atoms with Gasteiger partial charge < -0.3 is 82.1 Å². The van der Waals surface area contributed by atoms with Crippen molar-refractivity contribution in [3.63, 3.8) is 0 Å². The van der Waals surface area contributed by atoms with Crippen LogP contribution in [0.3, 0.4) is 0 Å². The molecule has 0 amide bonds. The molecule has 0 aromatic rings. The first-order valence-corrected chi connectivity index (χ1v) is 13.8. The third kappa shape index (κ3) is 7.65. The molecule has 3 fully saturated rings. The Bertz CT molecular complexity index is 773. The first kappa shape index (κ1) is 33.9. The molecule has 0 spiro atoms. The van der Waals surface area contributed by atoms with E-state index in [-0.39, 0.29) is 32.7 Å². The van der Waals surface area contributed by atoms with Crippen molar-refractivity contribution in [2.75, 3.05) is 39.8 Å². The van der Waals surface area contributed by atoms with Crippen molar-refractivity contribution in [3.05, 3.63) is 0 Å². The lowest BCUT2D eigenvalue weighted by Gasteiger charge is -2.49. The number of aliphatic hydroxyl groups is 7. The van der Waals surface area contributed by atoms with Crippen LogP contribution in [0, 0.1) is 0 Å². The highest BCUT2D eigenvalue weighted by Gasteiger charge is 2.52. The SMILES string of the molecule is CCNC[C@H]1O[C@H](OC2[C@@H](N)C[C@@H](NCC(O)CN)[C@H](O[C@H]3OC[C@](C)(O)[C@H](NC)[C@H]3O)[C@H]2O)[C@H](O)[C@@H](O)[C@@H]1O. The van der Waals surface area contributed by atoms with E-state index in [0.717, 1.165) is 0 Å². The van der Waals surface area contributed by atoms with Crippen LogP contribution in [0.5, 0.6) is 0 Å². The van der Waals surface area contributed by atoms with E-state index in [9.17, 15) is 35.7 Å². The Morgan fingerprint density at radius 2 is 1.68 bits per heavy atom. The number of aliphatic hydroxyl groups excluding tert-OH is 6. The molecule has 0 aromatic heterocycles. The van der Waals surface area contributed by atoms with Gasteiger partial charge in [0.15, 0.2) is 12.6 Å². The third-order valence-corrected chi connectivity index (χ3v) is 7.89. The molecule has 1 saturated carbocycles. The molecule has 3 rings (SSSR count). The van der Waals surface area contributed by atoms with E-state index in [0.29, 0.717) is 6.54 Å². The molecule has 0 aromatic carbocycles. The lowest BCUT2D eigenvalue weighted by Crippen LogP contribution is -2.69. The molecular weight excluding hydrogens is 534 g/mol. The van der Waals surface area contributed by atoms with E-state index in [1.807, 2.05) is 6.92 Å². The minimum Gasteiger partial charge on any atom is -0.390 e. The summed E-state index contributed by atoms with van der Waals surface area (Å²) < 4.78 is 23.4. The Morgan fingerprint density at radius 1 is 1.00 bits per heavy atom. The number of hydrogen-bond donors (Lipinski definition) is 12. The van der Waals surface area contributed by atoms with E-state index in [1.54, 1.807) is 7.05 Å². The molecule has 0 bridgehead atoms. The first-order chi connectivity index (χ1) is 18.9. The molecule has 14 N–H and O–H groups in total. The van der Waals surface area contributed by atoms with Crippen LogP contribution >= 0.6 is 0 Å². The van der Waals surface area contributed by atoms with Gasteiger partial charge >= 0.3 is 0 Å². The van der Waals surface area contributed by atoms with E-state index in [4.69, 9.17) is 30.4 Å². The second kappa shape index (κ2) is 14.7. The van der Waals surface area contributed by atoms with Crippen LogP contribution < -0.4 is 27.4 Å². The van der Waals surface area contributed by atoms with Crippen molar-refractivity contribution >= 4 is 0 Å². The predicted octanol–water partition coefficient (Wildman–Crippen LogP) is -6.40. The van der Waals surface area contributed by atoms with Gasteiger partial charge in [-0.05, 0) is 26.9 Å². The number of ether oxygens (including phenoxy) is 4. The summed E-state index contributed by atoms with van der Waals surface area (Å²) >= 11 is 0. The normalized spacial score (nSPS) is 47.2. The van der Waals surface area contributed by atoms with Crippen LogP contribution in [0.4, 0.5) is 0 Å². The quantitative estimate of drug-likeness (QED) is 0.102. The van der Waals surface area contributed by atoms with Crippen molar-refractivity contribution in [3.8, 4) is 0 Å². The molecule has 2 unspecified atom stereocenters. The monoisotopic (exact) mass is 583 g/mol. The maximum absolute atomic E-state index is 11.5. The molecule has 0 radical (unpaired) electrons. The van der Waals surface area contributed by atoms with E-state index in [1.165, 1.54) is 6.92 Å². The summed E-state index contributed by atoms with van der Waals surface area (Å²) in [6.45, 7) is 4.01. The number of hydrogen-bond acceptors (Lipinski definition) is 16. The highest BCUT2D eigenvalue weighted by atomic mass is 16.7. The van der Waals surface area contributed by atoms with Crippen LogP contribution in [-0.4, -0.2) is 167 Å². The molecule has 236 valence electrons. The van der Waals surface area contributed by atoms with Crippen LogP contribution in [-0.2, 0) is 18.9 Å². The summed E-state index contributed by atoms with van der Waals surface area (Å²) in [4.78, 5) is 0. The Kier molecular flexibility index (Phi) is 12.4. The highest BCUT2D eigenvalue weighted by Crippen LogP contribution is 2.32. The lowest BCUT2D eigenvalue weighted by atomic mass is 9.83. The second-order valence-corrected chi connectivity index (χ2v) is 11.1. The molecule has 2 aliphatic heterocycles. The van der Waals surface area contributed by atoms with Gasteiger partial charge in [0.05, 0.1) is 18.8 Å². The maximum atomic E-state index is 11.5. The van der Waals surface area contributed by atoms with Crippen molar-refractivity contribution in [2.45, 2.75) is 112 Å². The first-order valence-electron chi connectivity index (χ1n) is 13.8. The second-order valence-electron chi connectivity index (χ2n) is 11.1. The summed E-state index contributed by atoms with van der Waals surface area (Å²) in [5, 5.41) is 83.2. The van der Waals surface area contributed by atoms with Crippen molar-refractivity contribution in [1.29, 1.82) is 0 Å². The number of likely N-dealkylation sites (N-methyl/N-ethyl adjacent to an activating group) is 2. The summed E-state index contributed by atoms with van der Waals surface area (Å²) in [7, 11) is 1.58. The average molecular weight is 584 g/mol. The molecule has 16 nitrogen and oxygen atoms in total. The molecule has 2 saturated heterocycles. The lowest BCUT2D eigenvalue weighted by molar-refractivity contribution is -0.331. The molecule has 1 aliphatic carbocycles. The molecule has 3 aliphatic rings. The van der Waals surface area contributed by atoms with Crippen LogP contribution in [0.1, 0.15) is 20.3 Å². The van der Waals surface area contributed by atoms with E-state index < -0.39 is 91.2 Å². The van der Waals surface area contributed by atoms with Gasteiger partial charge in [-0.1, -0.05) is 6.92 Å². The molecule has 15 atom stereocenters. The fraction of sp³-hybridized carbons (Fsp3) is 1.00. The Labute approximate surface area is 233 Å². The molecular formula is C24H49N5O11. The standard InChI is InChI=1S/C24H49N5O11/c1-4-28-8-13-14(31)15(32)16(33)23(38-13)39-19-11(26)5-12(29-7-10(30)6-25)20(17(19)34)40-22-18(35)21(27-3)24(2,36)9-37-22/h10-23,27-36H,4-9,25-26H2,1-3H3/t10?,11-,12+,13+,14+,15-,16+,17-,18+,19?,20-,21+,22+,23+,24-/m0/s1. The zero-order valence-electron chi connectivity index (χ0n) is 23.2. The largest absolute Gasteiger partial charge is 0.390 e. The zero-order valence-corrected chi connectivity index (χ0v) is 23.2. The Balaban J connectivity index is 1.80. The fourth-order valence-electron chi connectivity index (χ4n) is 5.53. The van der Waals surface area contributed by atoms with Gasteiger partial charge in [-0.3, -0.25) is 0 Å². The van der Waals surface area contributed by atoms with Gasteiger partial charge in [0.2, 0.25) is 0 Å². The van der Waals surface area contributed by atoms with Crippen LogP contribution in [0.15, 0.2) is 0 Å².